The molecule has 1 heterocycles. The normalized spacial score (nSPS) is 11.2. The second-order valence-electron chi connectivity index (χ2n) is 4.12. The van der Waals surface area contributed by atoms with E-state index in [0.717, 1.165) is 6.07 Å². The van der Waals surface area contributed by atoms with E-state index in [-0.39, 0.29) is 18.7 Å². The van der Waals surface area contributed by atoms with Gasteiger partial charge in [0.05, 0.1) is 18.9 Å². The minimum Gasteiger partial charge on any atom is -0.405 e. The molecular formula is C13H10F3N3O2. The molecule has 0 aliphatic heterocycles. The molecule has 5 nitrogen and oxygen atoms in total. The van der Waals surface area contributed by atoms with E-state index in [1.54, 1.807) is 0 Å². The van der Waals surface area contributed by atoms with Gasteiger partial charge in [0.1, 0.15) is 12.3 Å². The summed E-state index contributed by atoms with van der Waals surface area (Å²) in [5.74, 6) is -0.392. The number of benzene rings is 1. The average molecular weight is 297 g/mol. The van der Waals surface area contributed by atoms with Gasteiger partial charge >= 0.3 is 6.36 Å². The Labute approximate surface area is 117 Å². The number of aromatic nitrogens is 2. The van der Waals surface area contributed by atoms with E-state index in [1.165, 1.54) is 29.2 Å². The highest BCUT2D eigenvalue weighted by molar-refractivity contribution is 5.70. The molecule has 1 N–H and O–H groups in total. The van der Waals surface area contributed by atoms with Crippen LogP contribution in [-0.2, 0) is 13.2 Å². The van der Waals surface area contributed by atoms with Gasteiger partial charge in [-0.15, -0.1) is 13.2 Å². The molecule has 2 aromatic rings. The Morgan fingerprint density at radius 1 is 1.38 bits per heavy atom. The van der Waals surface area contributed by atoms with E-state index in [9.17, 15) is 13.2 Å². The number of alkyl halides is 3. The first-order chi connectivity index (χ1) is 9.93. The number of aliphatic hydroxyl groups is 1. The Bertz CT molecular complexity index is 674. The lowest BCUT2D eigenvalue weighted by Crippen LogP contribution is -2.17. The van der Waals surface area contributed by atoms with E-state index in [0.29, 0.717) is 11.1 Å². The quantitative estimate of drug-likeness (QED) is 0.941. The van der Waals surface area contributed by atoms with Gasteiger partial charge in [-0.1, -0.05) is 6.07 Å². The molecule has 1 aromatic carbocycles. The van der Waals surface area contributed by atoms with Crippen molar-refractivity contribution in [3.05, 3.63) is 36.2 Å². The van der Waals surface area contributed by atoms with E-state index in [1.807, 2.05) is 6.07 Å². The van der Waals surface area contributed by atoms with Crippen molar-refractivity contribution in [2.75, 3.05) is 0 Å². The number of nitrogens with zero attached hydrogens (tertiary/aromatic N) is 3. The fourth-order valence-electron chi connectivity index (χ4n) is 1.78. The van der Waals surface area contributed by atoms with Crippen LogP contribution in [0.1, 0.15) is 5.56 Å². The second kappa shape index (κ2) is 5.85. The number of aliphatic hydroxyl groups excluding tert-OH is 1. The van der Waals surface area contributed by atoms with Crippen molar-refractivity contribution in [3.8, 4) is 22.9 Å². The van der Waals surface area contributed by atoms with Crippen LogP contribution in [0, 0.1) is 11.3 Å². The second-order valence-corrected chi connectivity index (χ2v) is 4.12. The summed E-state index contributed by atoms with van der Waals surface area (Å²) >= 11 is 0. The maximum Gasteiger partial charge on any atom is 0.573 e. The van der Waals surface area contributed by atoms with Crippen molar-refractivity contribution in [1.29, 1.82) is 5.26 Å². The lowest BCUT2D eigenvalue weighted by atomic mass is 10.1. The van der Waals surface area contributed by atoms with Gasteiger partial charge in [0.2, 0.25) is 0 Å². The highest BCUT2D eigenvalue weighted by Crippen LogP contribution is 2.34. The van der Waals surface area contributed by atoms with Gasteiger partial charge in [0, 0.05) is 17.3 Å². The predicted octanol–water partition coefficient (Wildman–Crippen LogP) is 2.46. The molecule has 0 saturated carbocycles. The molecule has 2 rings (SSSR count). The Kier molecular flexibility index (Phi) is 4.14. The SMILES string of the molecule is N#CCn1cc(-c2cc(CO)ccc2OC(F)(F)F)cn1. The maximum atomic E-state index is 12.4. The van der Waals surface area contributed by atoms with Crippen LogP contribution in [0.2, 0.25) is 0 Å². The van der Waals surface area contributed by atoms with Gasteiger partial charge in [-0.25, -0.2) is 0 Å². The first kappa shape index (κ1) is 14.9. The van der Waals surface area contributed by atoms with Crippen molar-refractivity contribution in [1.82, 2.24) is 9.78 Å². The third-order valence-corrected chi connectivity index (χ3v) is 2.63. The molecule has 0 bridgehead atoms. The van der Waals surface area contributed by atoms with Crippen LogP contribution >= 0.6 is 0 Å². The summed E-state index contributed by atoms with van der Waals surface area (Å²) in [6.07, 6.45) is -2.06. The molecule has 8 heteroatoms. The summed E-state index contributed by atoms with van der Waals surface area (Å²) in [6.45, 7) is -0.333. The molecule has 0 radical (unpaired) electrons. The van der Waals surface area contributed by atoms with Crippen LogP contribution in [0.4, 0.5) is 13.2 Å². The predicted molar refractivity (Wildman–Crippen MR) is 65.9 cm³/mol. The third kappa shape index (κ3) is 3.73. The standard InChI is InChI=1S/C13H10F3N3O2/c14-13(15,16)21-12-2-1-9(8-20)5-11(12)10-6-18-19(7-10)4-3-17/h1-2,5-7,20H,4,8H2. The first-order valence-electron chi connectivity index (χ1n) is 5.82. The molecule has 1 aromatic heterocycles. The van der Waals surface area contributed by atoms with Gasteiger partial charge in [0.15, 0.2) is 0 Å². The Morgan fingerprint density at radius 3 is 2.76 bits per heavy atom. The highest BCUT2D eigenvalue weighted by atomic mass is 19.4. The number of ether oxygens (including phenoxy) is 1. The lowest BCUT2D eigenvalue weighted by molar-refractivity contribution is -0.274. The third-order valence-electron chi connectivity index (χ3n) is 2.63. The van der Waals surface area contributed by atoms with Crippen LogP contribution in [0.15, 0.2) is 30.6 Å². The monoisotopic (exact) mass is 297 g/mol. The molecule has 0 saturated heterocycles. The van der Waals surface area contributed by atoms with Gasteiger partial charge in [-0.2, -0.15) is 10.4 Å². The molecule has 0 amide bonds. The number of hydrogen-bond donors (Lipinski definition) is 1. The average Bonchev–Trinajstić information content (AvgIpc) is 2.86. The zero-order valence-electron chi connectivity index (χ0n) is 10.6. The molecule has 21 heavy (non-hydrogen) atoms. The van der Waals surface area contributed by atoms with Crippen LogP contribution in [0.5, 0.6) is 5.75 Å². The van der Waals surface area contributed by atoms with Gasteiger partial charge in [0.25, 0.3) is 0 Å². The molecule has 0 spiro atoms. The minimum absolute atomic E-state index is 0.0187. The van der Waals surface area contributed by atoms with Crippen molar-refractivity contribution < 1.29 is 23.0 Å². The number of halogens is 3. The topological polar surface area (TPSA) is 71.1 Å². The van der Waals surface area contributed by atoms with Crippen LogP contribution in [0.25, 0.3) is 11.1 Å². The van der Waals surface area contributed by atoms with Crippen molar-refractivity contribution in [2.45, 2.75) is 19.5 Å². The zero-order chi connectivity index (χ0) is 15.5. The van der Waals surface area contributed by atoms with E-state index >= 15 is 0 Å². The van der Waals surface area contributed by atoms with E-state index in [4.69, 9.17) is 10.4 Å². The van der Waals surface area contributed by atoms with Gasteiger partial charge in [-0.05, 0) is 17.7 Å². The summed E-state index contributed by atoms with van der Waals surface area (Å²) in [7, 11) is 0. The number of nitriles is 1. The Morgan fingerprint density at radius 2 is 2.14 bits per heavy atom. The molecular weight excluding hydrogens is 287 g/mol. The smallest absolute Gasteiger partial charge is 0.405 e. The van der Waals surface area contributed by atoms with Crippen LogP contribution in [0.3, 0.4) is 0 Å². The summed E-state index contributed by atoms with van der Waals surface area (Å²) in [5.41, 5.74) is 0.940. The van der Waals surface area contributed by atoms with Crippen LogP contribution in [-0.4, -0.2) is 21.2 Å². The summed E-state index contributed by atoms with van der Waals surface area (Å²) in [5, 5.41) is 21.5. The lowest BCUT2D eigenvalue weighted by Gasteiger charge is -2.13. The maximum absolute atomic E-state index is 12.4. The molecule has 0 atom stereocenters. The Balaban J connectivity index is 2.45. The summed E-state index contributed by atoms with van der Waals surface area (Å²) in [4.78, 5) is 0. The number of hydrogen-bond acceptors (Lipinski definition) is 4. The van der Waals surface area contributed by atoms with E-state index in [2.05, 4.69) is 9.84 Å². The number of rotatable bonds is 4. The minimum atomic E-state index is -4.82. The van der Waals surface area contributed by atoms with Crippen molar-refractivity contribution >= 4 is 0 Å². The van der Waals surface area contributed by atoms with Gasteiger partial charge < -0.3 is 9.84 Å². The fraction of sp³-hybridized carbons (Fsp3) is 0.231. The first-order valence-corrected chi connectivity index (χ1v) is 5.82. The molecule has 0 aliphatic carbocycles. The largest absolute Gasteiger partial charge is 0.573 e. The molecule has 110 valence electrons. The Hall–Kier alpha value is -2.53. The summed E-state index contributed by atoms with van der Waals surface area (Å²) in [6, 6.07) is 5.73. The van der Waals surface area contributed by atoms with E-state index < -0.39 is 12.1 Å². The fourth-order valence-corrected chi connectivity index (χ4v) is 1.78. The van der Waals surface area contributed by atoms with Crippen molar-refractivity contribution in [3.63, 3.8) is 0 Å². The van der Waals surface area contributed by atoms with Crippen molar-refractivity contribution in [2.24, 2.45) is 0 Å². The molecule has 0 unspecified atom stereocenters. The molecule has 0 aliphatic rings. The highest BCUT2D eigenvalue weighted by Gasteiger charge is 2.32. The summed E-state index contributed by atoms with van der Waals surface area (Å²) < 4.78 is 42.5. The zero-order valence-corrected chi connectivity index (χ0v) is 10.6. The van der Waals surface area contributed by atoms with Gasteiger partial charge in [-0.3, -0.25) is 4.68 Å². The van der Waals surface area contributed by atoms with Crippen LogP contribution < -0.4 is 4.74 Å². The molecule has 0 fully saturated rings.